The average Bonchev–Trinajstić information content (AvgIpc) is 1.82. The molecule has 0 saturated carbocycles. The van der Waals surface area contributed by atoms with E-state index in [-0.39, 0.29) is 12.2 Å². The third-order valence-corrected chi connectivity index (χ3v) is 1.79. The average molecular weight is 194 g/mol. The Morgan fingerprint density at radius 2 is 2.25 bits per heavy atom. The number of methoxy groups -OCH3 is 1. The fourth-order valence-corrected chi connectivity index (χ4v) is 1.03. The molecular formula is C7H12ClNO3. The Kier molecular flexibility index (Phi) is 3.17. The summed E-state index contributed by atoms with van der Waals surface area (Å²) in [6, 6.07) is 0. The van der Waals surface area contributed by atoms with Crippen LogP contribution in [0, 0.1) is 0 Å². The van der Waals surface area contributed by atoms with E-state index in [9.17, 15) is 4.79 Å². The molecule has 1 saturated heterocycles. The van der Waals surface area contributed by atoms with E-state index in [4.69, 9.17) is 21.1 Å². The number of alkyl halides is 1. The standard InChI is InChI=1S/C7H12ClNO3/c1-5(8)12-7(10)9-3-6(4-9)11-2/h5-6H,3-4H2,1-2H3. The minimum atomic E-state index is -0.570. The molecule has 1 unspecified atom stereocenters. The van der Waals surface area contributed by atoms with Crippen LogP contribution in [0.5, 0.6) is 0 Å². The summed E-state index contributed by atoms with van der Waals surface area (Å²) in [5.41, 5.74) is -0.570. The molecule has 5 heteroatoms. The summed E-state index contributed by atoms with van der Waals surface area (Å²) in [6.07, 6.45) is -0.214. The van der Waals surface area contributed by atoms with E-state index >= 15 is 0 Å². The molecule has 1 fully saturated rings. The monoisotopic (exact) mass is 193 g/mol. The molecule has 0 aromatic carbocycles. The predicted octanol–water partition coefficient (Wildman–Crippen LogP) is 1.04. The first-order valence-corrected chi connectivity index (χ1v) is 4.19. The smallest absolute Gasteiger partial charge is 0.411 e. The van der Waals surface area contributed by atoms with E-state index in [1.54, 1.807) is 18.9 Å². The number of carbonyl (C=O) groups is 1. The van der Waals surface area contributed by atoms with Gasteiger partial charge in [0.05, 0.1) is 19.2 Å². The molecule has 70 valence electrons. The molecule has 1 rings (SSSR count). The van der Waals surface area contributed by atoms with Crippen LogP contribution in [0.25, 0.3) is 0 Å². The molecule has 4 nitrogen and oxygen atoms in total. The molecule has 1 heterocycles. The Balaban J connectivity index is 2.19. The summed E-state index contributed by atoms with van der Waals surface area (Å²) in [5.74, 6) is 0. The molecule has 1 atom stereocenters. The Hall–Kier alpha value is -0.480. The van der Waals surface area contributed by atoms with E-state index in [1.165, 1.54) is 0 Å². The number of nitrogens with zero attached hydrogens (tertiary/aromatic N) is 1. The van der Waals surface area contributed by atoms with Crippen molar-refractivity contribution >= 4 is 17.7 Å². The maximum Gasteiger partial charge on any atom is 0.411 e. The molecule has 0 radical (unpaired) electrons. The highest BCUT2D eigenvalue weighted by Crippen LogP contribution is 2.13. The number of halogens is 1. The number of ether oxygens (including phenoxy) is 2. The van der Waals surface area contributed by atoms with Crippen molar-refractivity contribution < 1.29 is 14.3 Å². The van der Waals surface area contributed by atoms with Crippen molar-refractivity contribution in [1.29, 1.82) is 0 Å². The van der Waals surface area contributed by atoms with Gasteiger partial charge in [-0.15, -0.1) is 0 Å². The highest BCUT2D eigenvalue weighted by molar-refractivity contribution is 6.19. The minimum Gasteiger partial charge on any atom is -0.430 e. The van der Waals surface area contributed by atoms with Gasteiger partial charge >= 0.3 is 6.09 Å². The van der Waals surface area contributed by atoms with Crippen LogP contribution in [-0.4, -0.2) is 42.9 Å². The third-order valence-electron chi connectivity index (χ3n) is 1.70. The van der Waals surface area contributed by atoms with Crippen molar-refractivity contribution in [3.8, 4) is 0 Å². The lowest BCUT2D eigenvalue weighted by Gasteiger charge is -2.37. The largest absolute Gasteiger partial charge is 0.430 e. The van der Waals surface area contributed by atoms with Crippen molar-refractivity contribution in [3.63, 3.8) is 0 Å². The molecule has 0 aromatic rings. The Morgan fingerprint density at radius 3 is 2.67 bits per heavy atom. The molecule has 12 heavy (non-hydrogen) atoms. The highest BCUT2D eigenvalue weighted by Gasteiger charge is 2.31. The van der Waals surface area contributed by atoms with Crippen molar-refractivity contribution in [3.05, 3.63) is 0 Å². The topological polar surface area (TPSA) is 38.8 Å². The van der Waals surface area contributed by atoms with Crippen molar-refractivity contribution in [1.82, 2.24) is 4.90 Å². The lowest BCUT2D eigenvalue weighted by molar-refractivity contribution is -0.0286. The van der Waals surface area contributed by atoms with E-state index in [0.717, 1.165) is 0 Å². The summed E-state index contributed by atoms with van der Waals surface area (Å²) in [6.45, 7) is 2.80. The summed E-state index contributed by atoms with van der Waals surface area (Å²) >= 11 is 5.47. The van der Waals surface area contributed by atoms with Crippen LogP contribution in [0.15, 0.2) is 0 Å². The van der Waals surface area contributed by atoms with Gasteiger partial charge in [-0.05, 0) is 6.92 Å². The van der Waals surface area contributed by atoms with Gasteiger partial charge in [0.15, 0.2) is 5.56 Å². The zero-order valence-corrected chi connectivity index (χ0v) is 7.87. The zero-order chi connectivity index (χ0) is 9.14. The predicted molar refractivity (Wildman–Crippen MR) is 44.2 cm³/mol. The van der Waals surface area contributed by atoms with Crippen molar-refractivity contribution in [2.24, 2.45) is 0 Å². The van der Waals surface area contributed by atoms with Gasteiger partial charge in [0.1, 0.15) is 0 Å². The Morgan fingerprint density at radius 1 is 1.67 bits per heavy atom. The van der Waals surface area contributed by atoms with E-state index in [1.807, 2.05) is 0 Å². The number of likely N-dealkylation sites (tertiary alicyclic amines) is 1. The van der Waals surface area contributed by atoms with Gasteiger partial charge < -0.3 is 14.4 Å². The molecule has 1 aliphatic heterocycles. The van der Waals surface area contributed by atoms with Crippen molar-refractivity contribution in [2.75, 3.05) is 20.2 Å². The second-order valence-electron chi connectivity index (χ2n) is 2.69. The molecule has 0 N–H and O–H groups in total. The van der Waals surface area contributed by atoms with Gasteiger partial charge in [-0.25, -0.2) is 4.79 Å². The Bertz CT molecular complexity index is 168. The number of hydrogen-bond acceptors (Lipinski definition) is 3. The number of rotatable bonds is 2. The van der Waals surface area contributed by atoms with Gasteiger partial charge in [-0.2, -0.15) is 0 Å². The lowest BCUT2D eigenvalue weighted by Crippen LogP contribution is -2.54. The molecule has 0 aliphatic carbocycles. The first kappa shape index (κ1) is 9.61. The van der Waals surface area contributed by atoms with Gasteiger partial charge in [0.2, 0.25) is 0 Å². The first-order valence-electron chi connectivity index (χ1n) is 3.76. The lowest BCUT2D eigenvalue weighted by atomic mass is 10.2. The fraction of sp³-hybridized carbons (Fsp3) is 0.857. The van der Waals surface area contributed by atoms with Crippen LogP contribution >= 0.6 is 11.6 Å². The van der Waals surface area contributed by atoms with Gasteiger partial charge in [0, 0.05) is 7.11 Å². The van der Waals surface area contributed by atoms with Gasteiger partial charge in [0.25, 0.3) is 0 Å². The van der Waals surface area contributed by atoms with Crippen LogP contribution in [0.1, 0.15) is 6.92 Å². The van der Waals surface area contributed by atoms with E-state index in [0.29, 0.717) is 13.1 Å². The second kappa shape index (κ2) is 3.96. The number of carbonyl (C=O) groups excluding carboxylic acids is 1. The summed E-state index contributed by atoms with van der Waals surface area (Å²) in [5, 5.41) is 0. The van der Waals surface area contributed by atoms with Gasteiger partial charge in [-0.3, -0.25) is 0 Å². The summed E-state index contributed by atoms with van der Waals surface area (Å²) in [4.78, 5) is 12.6. The van der Waals surface area contributed by atoms with Gasteiger partial charge in [-0.1, -0.05) is 11.6 Å². The highest BCUT2D eigenvalue weighted by atomic mass is 35.5. The van der Waals surface area contributed by atoms with Crippen LogP contribution in [0.2, 0.25) is 0 Å². The van der Waals surface area contributed by atoms with Crippen molar-refractivity contribution in [2.45, 2.75) is 18.6 Å². The quantitative estimate of drug-likeness (QED) is 0.615. The molecular weight excluding hydrogens is 182 g/mol. The van der Waals surface area contributed by atoms with Crippen LogP contribution in [0.4, 0.5) is 4.79 Å². The maximum atomic E-state index is 11.1. The minimum absolute atomic E-state index is 0.156. The first-order chi connectivity index (χ1) is 5.63. The molecule has 1 aliphatic rings. The number of hydrogen-bond donors (Lipinski definition) is 0. The van der Waals surface area contributed by atoms with E-state index < -0.39 is 5.56 Å². The van der Waals surface area contributed by atoms with Crippen LogP contribution in [-0.2, 0) is 9.47 Å². The number of amides is 1. The SMILES string of the molecule is COC1CN(C(=O)OC(C)Cl)C1. The molecule has 0 aromatic heterocycles. The maximum absolute atomic E-state index is 11.1. The Labute approximate surface area is 76.4 Å². The molecule has 1 amide bonds. The zero-order valence-electron chi connectivity index (χ0n) is 7.12. The molecule has 0 spiro atoms. The molecule has 0 bridgehead atoms. The fourth-order valence-electron chi connectivity index (χ4n) is 0.950. The van der Waals surface area contributed by atoms with E-state index in [2.05, 4.69) is 0 Å². The third kappa shape index (κ3) is 2.25. The normalized spacial score (nSPS) is 20.1. The van der Waals surface area contributed by atoms with Crippen LogP contribution < -0.4 is 0 Å². The summed E-state index contributed by atoms with van der Waals surface area (Å²) < 4.78 is 9.73. The summed E-state index contributed by atoms with van der Waals surface area (Å²) in [7, 11) is 1.62. The second-order valence-corrected chi connectivity index (χ2v) is 3.30. The van der Waals surface area contributed by atoms with Crippen LogP contribution in [0.3, 0.4) is 0 Å².